The van der Waals surface area contributed by atoms with E-state index in [0.717, 1.165) is 29.7 Å². The molecule has 0 aliphatic heterocycles. The van der Waals surface area contributed by atoms with E-state index in [0.29, 0.717) is 22.5 Å². The molecule has 1 fully saturated rings. The number of carbonyl (C=O) groups excluding carboxylic acids is 1. The molecule has 1 N–H and O–H groups in total. The molecule has 1 aliphatic carbocycles. The van der Waals surface area contributed by atoms with Crippen LogP contribution < -0.4 is 10.9 Å². The first-order chi connectivity index (χ1) is 14.2. The summed E-state index contributed by atoms with van der Waals surface area (Å²) in [5.74, 6) is 0.0597. The summed E-state index contributed by atoms with van der Waals surface area (Å²) < 4.78 is 39.3. The minimum Gasteiger partial charge on any atom is -0.326 e. The lowest BCUT2D eigenvalue weighted by Crippen LogP contribution is -2.22. The number of aromatic nitrogens is 2. The highest BCUT2D eigenvalue weighted by molar-refractivity contribution is 5.94. The van der Waals surface area contributed by atoms with Crippen molar-refractivity contribution in [2.45, 2.75) is 25.9 Å². The minimum atomic E-state index is -4.45. The standard InChI is InChI=1S/C22H18F3N3O2/c1-13-19(15-3-2-4-17(11-15)26-21(30)14-5-6-14)12-20(29)28(27-13)18-9-7-16(8-10-18)22(23,24)25/h2-4,7-12,14H,5-6H2,1H3,(H,26,30). The molecule has 154 valence electrons. The maximum Gasteiger partial charge on any atom is 0.416 e. The summed E-state index contributed by atoms with van der Waals surface area (Å²) in [6.45, 7) is 1.71. The molecule has 0 radical (unpaired) electrons. The Bertz CT molecular complexity index is 1160. The summed E-state index contributed by atoms with van der Waals surface area (Å²) >= 11 is 0. The second kappa shape index (κ2) is 7.44. The van der Waals surface area contributed by atoms with Gasteiger partial charge in [-0.2, -0.15) is 23.0 Å². The number of hydrogen-bond donors (Lipinski definition) is 1. The molecule has 30 heavy (non-hydrogen) atoms. The number of halogens is 3. The zero-order chi connectivity index (χ0) is 21.5. The average Bonchev–Trinajstić information content (AvgIpc) is 3.54. The number of benzene rings is 2. The van der Waals surface area contributed by atoms with Crippen molar-refractivity contribution in [2.24, 2.45) is 5.92 Å². The lowest BCUT2D eigenvalue weighted by Gasteiger charge is -2.12. The normalized spacial score (nSPS) is 13.9. The summed E-state index contributed by atoms with van der Waals surface area (Å²) in [6.07, 6.45) is -2.65. The van der Waals surface area contributed by atoms with E-state index in [-0.39, 0.29) is 17.5 Å². The third kappa shape index (κ3) is 4.12. The number of hydrogen-bond acceptors (Lipinski definition) is 3. The van der Waals surface area contributed by atoms with Gasteiger partial charge >= 0.3 is 6.18 Å². The van der Waals surface area contributed by atoms with Crippen molar-refractivity contribution in [2.75, 3.05) is 5.32 Å². The van der Waals surface area contributed by atoms with Crippen LogP contribution in [0.25, 0.3) is 16.8 Å². The van der Waals surface area contributed by atoms with E-state index in [9.17, 15) is 22.8 Å². The molecule has 0 bridgehead atoms. The largest absolute Gasteiger partial charge is 0.416 e. The molecule has 0 saturated heterocycles. The van der Waals surface area contributed by atoms with Crippen molar-refractivity contribution in [3.05, 3.63) is 76.2 Å². The molecule has 4 rings (SSSR count). The van der Waals surface area contributed by atoms with Crippen LogP contribution in [0, 0.1) is 12.8 Å². The van der Waals surface area contributed by atoms with Gasteiger partial charge in [0.1, 0.15) is 0 Å². The van der Waals surface area contributed by atoms with Gasteiger partial charge in [-0.1, -0.05) is 12.1 Å². The molecule has 1 heterocycles. The number of amides is 1. The number of carbonyl (C=O) groups is 1. The van der Waals surface area contributed by atoms with Crippen molar-refractivity contribution in [1.29, 1.82) is 0 Å². The fourth-order valence-corrected chi connectivity index (χ4v) is 3.17. The fraction of sp³-hybridized carbons (Fsp3) is 0.227. The first-order valence-electron chi connectivity index (χ1n) is 9.42. The second-order valence-corrected chi connectivity index (χ2v) is 7.28. The molecular formula is C22H18F3N3O2. The van der Waals surface area contributed by atoms with Crippen molar-refractivity contribution in [1.82, 2.24) is 9.78 Å². The van der Waals surface area contributed by atoms with Crippen molar-refractivity contribution >= 4 is 11.6 Å². The van der Waals surface area contributed by atoms with E-state index >= 15 is 0 Å². The quantitative estimate of drug-likeness (QED) is 0.681. The van der Waals surface area contributed by atoms with E-state index < -0.39 is 17.3 Å². The molecule has 1 aliphatic rings. The van der Waals surface area contributed by atoms with Crippen LogP contribution in [-0.4, -0.2) is 15.7 Å². The lowest BCUT2D eigenvalue weighted by molar-refractivity contribution is -0.137. The Morgan fingerprint density at radius 2 is 1.80 bits per heavy atom. The zero-order valence-electron chi connectivity index (χ0n) is 16.0. The van der Waals surface area contributed by atoms with Crippen LogP contribution in [0.2, 0.25) is 0 Å². The summed E-state index contributed by atoms with van der Waals surface area (Å²) in [4.78, 5) is 24.6. The third-order valence-electron chi connectivity index (χ3n) is 4.94. The number of nitrogens with zero attached hydrogens (tertiary/aromatic N) is 2. The van der Waals surface area contributed by atoms with Crippen molar-refractivity contribution in [3.8, 4) is 16.8 Å². The molecule has 1 amide bonds. The highest BCUT2D eigenvalue weighted by Gasteiger charge is 2.30. The van der Waals surface area contributed by atoms with E-state index in [1.165, 1.54) is 18.2 Å². The maximum atomic E-state index is 12.8. The van der Waals surface area contributed by atoms with Gasteiger partial charge in [-0.3, -0.25) is 9.59 Å². The second-order valence-electron chi connectivity index (χ2n) is 7.28. The minimum absolute atomic E-state index is 0.0141. The molecule has 1 saturated carbocycles. The summed E-state index contributed by atoms with van der Waals surface area (Å²) in [5.41, 5.74) is 1.44. The van der Waals surface area contributed by atoms with Crippen molar-refractivity contribution in [3.63, 3.8) is 0 Å². The Kier molecular flexibility index (Phi) is 4.93. The molecule has 0 atom stereocenters. The van der Waals surface area contributed by atoms with E-state index in [1.54, 1.807) is 31.2 Å². The van der Waals surface area contributed by atoms with Gasteiger partial charge in [0, 0.05) is 23.2 Å². The van der Waals surface area contributed by atoms with Crippen LogP contribution in [0.15, 0.2) is 59.4 Å². The van der Waals surface area contributed by atoms with Crippen LogP contribution in [-0.2, 0) is 11.0 Å². The Balaban J connectivity index is 1.65. The summed E-state index contributed by atoms with van der Waals surface area (Å²) in [7, 11) is 0. The monoisotopic (exact) mass is 413 g/mol. The zero-order valence-corrected chi connectivity index (χ0v) is 16.0. The molecular weight excluding hydrogens is 395 g/mol. The van der Waals surface area contributed by atoms with Gasteiger partial charge in [0.2, 0.25) is 5.91 Å². The van der Waals surface area contributed by atoms with Crippen molar-refractivity contribution < 1.29 is 18.0 Å². The predicted molar refractivity (Wildman–Crippen MR) is 106 cm³/mol. The average molecular weight is 413 g/mol. The highest BCUT2D eigenvalue weighted by atomic mass is 19.4. The number of nitrogens with one attached hydrogen (secondary N) is 1. The van der Waals surface area contributed by atoms with E-state index in [4.69, 9.17) is 0 Å². The van der Waals surface area contributed by atoms with Crippen LogP contribution in [0.4, 0.5) is 18.9 Å². The first-order valence-corrected chi connectivity index (χ1v) is 9.42. The highest BCUT2D eigenvalue weighted by Crippen LogP contribution is 2.31. The van der Waals surface area contributed by atoms with Gasteiger partial charge in [-0.05, 0) is 61.7 Å². The van der Waals surface area contributed by atoms with Gasteiger partial charge in [0.25, 0.3) is 5.56 Å². The van der Waals surface area contributed by atoms with Crippen LogP contribution >= 0.6 is 0 Å². The van der Waals surface area contributed by atoms with Crippen LogP contribution in [0.5, 0.6) is 0 Å². The van der Waals surface area contributed by atoms with Gasteiger partial charge in [-0.15, -0.1) is 0 Å². The molecule has 5 nitrogen and oxygen atoms in total. The number of rotatable bonds is 4. The number of aryl methyl sites for hydroxylation is 1. The topological polar surface area (TPSA) is 64.0 Å². The Hall–Kier alpha value is -3.42. The number of alkyl halides is 3. The van der Waals surface area contributed by atoms with Crippen LogP contribution in [0.3, 0.4) is 0 Å². The SMILES string of the molecule is Cc1nn(-c2ccc(C(F)(F)F)cc2)c(=O)cc1-c1cccc(NC(=O)C2CC2)c1. The molecule has 0 unspecified atom stereocenters. The van der Waals surface area contributed by atoms with Gasteiger partial charge in [-0.25, -0.2) is 0 Å². The Labute approximate surface area is 170 Å². The lowest BCUT2D eigenvalue weighted by atomic mass is 10.0. The predicted octanol–water partition coefficient (Wildman–Crippen LogP) is 4.58. The molecule has 8 heteroatoms. The molecule has 1 aromatic heterocycles. The maximum absolute atomic E-state index is 12.8. The molecule has 2 aromatic carbocycles. The third-order valence-corrected chi connectivity index (χ3v) is 4.94. The van der Waals surface area contributed by atoms with Gasteiger partial charge in [0.15, 0.2) is 0 Å². The summed E-state index contributed by atoms with van der Waals surface area (Å²) in [6, 6.07) is 12.8. The summed E-state index contributed by atoms with van der Waals surface area (Å²) in [5, 5.41) is 7.14. The van der Waals surface area contributed by atoms with Crippen LogP contribution in [0.1, 0.15) is 24.1 Å². The van der Waals surface area contributed by atoms with E-state index in [1.807, 2.05) is 0 Å². The Morgan fingerprint density at radius 3 is 2.43 bits per heavy atom. The molecule has 3 aromatic rings. The smallest absolute Gasteiger partial charge is 0.326 e. The van der Waals surface area contributed by atoms with Gasteiger partial charge < -0.3 is 5.32 Å². The Morgan fingerprint density at radius 1 is 1.10 bits per heavy atom. The first kappa shape index (κ1) is 19.9. The van der Waals surface area contributed by atoms with E-state index in [2.05, 4.69) is 10.4 Å². The number of anilines is 1. The molecule has 0 spiro atoms. The van der Waals surface area contributed by atoms with Gasteiger partial charge in [0.05, 0.1) is 16.9 Å². The fourth-order valence-electron chi connectivity index (χ4n) is 3.17.